The second-order valence-corrected chi connectivity index (χ2v) is 4.13. The topological polar surface area (TPSA) is 17.0 Å². The van der Waals surface area contributed by atoms with Gasteiger partial charge in [0.15, 0.2) is 0 Å². The molecular weight excluding hydrogens is 196 g/mol. The number of benzene rings is 1. The Morgan fingerprint density at radius 1 is 1.36 bits per heavy atom. The molecule has 0 bridgehead atoms. The molecule has 0 amide bonds. The van der Waals surface area contributed by atoms with E-state index in [4.69, 9.17) is 11.6 Å². The number of rotatable bonds is 0. The number of hydrogen-bond acceptors (Lipinski definition) is 1. The van der Waals surface area contributed by atoms with Gasteiger partial charge in [0, 0.05) is 36.7 Å². The maximum atomic E-state index is 6.21. The Morgan fingerprint density at radius 2 is 2.21 bits per heavy atom. The average Bonchev–Trinajstić information content (AvgIpc) is 2.72. The van der Waals surface area contributed by atoms with Gasteiger partial charge in [-0.1, -0.05) is 17.7 Å². The van der Waals surface area contributed by atoms with Crippen molar-refractivity contribution in [3.63, 3.8) is 0 Å². The van der Waals surface area contributed by atoms with E-state index in [0.29, 0.717) is 0 Å². The largest absolute Gasteiger partial charge is 0.346 e. The molecule has 0 atom stereocenters. The van der Waals surface area contributed by atoms with Crippen LogP contribution in [0.15, 0.2) is 18.2 Å². The van der Waals surface area contributed by atoms with E-state index in [9.17, 15) is 0 Å². The van der Waals surface area contributed by atoms with Gasteiger partial charge in [0.2, 0.25) is 0 Å². The molecule has 72 valence electrons. The van der Waals surface area contributed by atoms with Crippen LogP contribution in [0.4, 0.5) is 0 Å². The third-order valence-corrected chi connectivity index (χ3v) is 3.32. The minimum absolute atomic E-state index is 0.864. The number of nitrogens with zero attached hydrogens (tertiary/aromatic N) is 1. The Balaban J connectivity index is 2.52. The lowest BCUT2D eigenvalue weighted by atomic mass is 10.1. The lowest BCUT2D eigenvalue weighted by Gasteiger charge is -2.01. The fourth-order valence-corrected chi connectivity index (χ4v) is 2.59. The molecule has 1 aromatic heterocycles. The molecule has 0 aliphatic carbocycles. The fourth-order valence-electron chi connectivity index (χ4n) is 2.30. The first-order valence-corrected chi connectivity index (χ1v) is 5.12. The predicted octanol–water partition coefficient (Wildman–Crippen LogP) is 2.43. The third-order valence-electron chi connectivity index (χ3n) is 3.00. The van der Waals surface area contributed by atoms with Crippen LogP contribution >= 0.6 is 11.6 Å². The van der Waals surface area contributed by atoms with E-state index < -0.39 is 0 Å². The number of aryl methyl sites for hydroxylation is 1. The molecule has 0 radical (unpaired) electrons. The molecule has 0 spiro atoms. The summed E-state index contributed by atoms with van der Waals surface area (Å²) >= 11 is 6.21. The zero-order valence-electron chi connectivity index (χ0n) is 7.97. The van der Waals surface area contributed by atoms with Gasteiger partial charge < -0.3 is 9.88 Å². The van der Waals surface area contributed by atoms with E-state index in [1.54, 1.807) is 0 Å². The number of nitrogens with one attached hydrogen (secondary N) is 1. The maximum Gasteiger partial charge on any atom is 0.0503 e. The van der Waals surface area contributed by atoms with Gasteiger partial charge in [-0.25, -0.2) is 0 Å². The first-order valence-electron chi connectivity index (χ1n) is 4.74. The van der Waals surface area contributed by atoms with Crippen LogP contribution < -0.4 is 5.32 Å². The molecule has 1 aromatic carbocycles. The highest BCUT2D eigenvalue weighted by Gasteiger charge is 2.20. The molecule has 0 saturated heterocycles. The molecular formula is C11H11ClN2. The molecule has 1 aliphatic rings. The summed E-state index contributed by atoms with van der Waals surface area (Å²) in [5.74, 6) is 0. The third kappa shape index (κ3) is 0.900. The smallest absolute Gasteiger partial charge is 0.0503 e. The molecule has 0 unspecified atom stereocenters. The van der Waals surface area contributed by atoms with Crippen LogP contribution in [0.3, 0.4) is 0 Å². The van der Waals surface area contributed by atoms with Crippen LogP contribution in [0.1, 0.15) is 11.3 Å². The van der Waals surface area contributed by atoms with E-state index in [1.807, 2.05) is 12.1 Å². The van der Waals surface area contributed by atoms with Crippen LogP contribution in [-0.4, -0.2) is 4.57 Å². The highest BCUT2D eigenvalue weighted by atomic mass is 35.5. The van der Waals surface area contributed by atoms with E-state index in [-0.39, 0.29) is 0 Å². The van der Waals surface area contributed by atoms with Crippen LogP contribution in [-0.2, 0) is 20.1 Å². The standard InChI is InChI=1S/C11H11ClN2/c1-14-9-4-2-3-8(12)11(9)7-5-13-6-10(7)14/h2-4,13H,5-6H2,1H3. The van der Waals surface area contributed by atoms with Gasteiger partial charge in [0.1, 0.15) is 0 Å². The minimum Gasteiger partial charge on any atom is -0.346 e. The Hall–Kier alpha value is -0.990. The molecule has 0 saturated carbocycles. The van der Waals surface area contributed by atoms with Crippen molar-refractivity contribution in [1.29, 1.82) is 0 Å². The molecule has 2 aromatic rings. The first kappa shape index (κ1) is 8.33. The van der Waals surface area contributed by atoms with Crippen LogP contribution in [0.5, 0.6) is 0 Å². The second-order valence-electron chi connectivity index (χ2n) is 3.72. The molecule has 3 rings (SSSR count). The summed E-state index contributed by atoms with van der Waals surface area (Å²) in [6.45, 7) is 1.90. The lowest BCUT2D eigenvalue weighted by molar-refractivity contribution is 0.733. The number of aromatic nitrogens is 1. The number of hydrogen-bond donors (Lipinski definition) is 1. The fraction of sp³-hybridized carbons (Fsp3) is 0.273. The normalized spacial score (nSPS) is 15.0. The van der Waals surface area contributed by atoms with E-state index >= 15 is 0 Å². The molecule has 2 heterocycles. The van der Waals surface area contributed by atoms with E-state index in [1.165, 1.54) is 22.2 Å². The van der Waals surface area contributed by atoms with Gasteiger partial charge in [-0.05, 0) is 17.7 Å². The van der Waals surface area contributed by atoms with Crippen molar-refractivity contribution in [3.8, 4) is 0 Å². The van der Waals surface area contributed by atoms with Gasteiger partial charge >= 0.3 is 0 Å². The predicted molar refractivity (Wildman–Crippen MR) is 58.5 cm³/mol. The number of fused-ring (bicyclic) bond motifs is 3. The van der Waals surface area contributed by atoms with Gasteiger partial charge in [0.05, 0.1) is 5.02 Å². The van der Waals surface area contributed by atoms with Crippen molar-refractivity contribution in [2.24, 2.45) is 7.05 Å². The van der Waals surface area contributed by atoms with Crippen LogP contribution in [0, 0.1) is 0 Å². The Bertz CT molecular complexity index is 513. The summed E-state index contributed by atoms with van der Waals surface area (Å²) in [4.78, 5) is 0. The molecule has 1 N–H and O–H groups in total. The summed E-state index contributed by atoms with van der Waals surface area (Å²) in [5.41, 5.74) is 3.98. The van der Waals surface area contributed by atoms with Crippen LogP contribution in [0.2, 0.25) is 5.02 Å². The maximum absolute atomic E-state index is 6.21. The zero-order valence-corrected chi connectivity index (χ0v) is 8.73. The minimum atomic E-state index is 0.864. The second kappa shape index (κ2) is 2.75. The van der Waals surface area contributed by atoms with Crippen molar-refractivity contribution in [2.75, 3.05) is 0 Å². The molecule has 2 nitrogen and oxygen atoms in total. The summed E-state index contributed by atoms with van der Waals surface area (Å²) in [5, 5.41) is 5.43. The Morgan fingerprint density at radius 3 is 3.07 bits per heavy atom. The molecule has 3 heteroatoms. The number of halogens is 1. The first-order chi connectivity index (χ1) is 6.79. The summed E-state index contributed by atoms with van der Waals surface area (Å²) in [6, 6.07) is 6.09. The zero-order chi connectivity index (χ0) is 9.71. The van der Waals surface area contributed by atoms with E-state index in [0.717, 1.165) is 18.1 Å². The van der Waals surface area contributed by atoms with Crippen molar-refractivity contribution in [2.45, 2.75) is 13.1 Å². The van der Waals surface area contributed by atoms with Crippen molar-refractivity contribution in [1.82, 2.24) is 9.88 Å². The van der Waals surface area contributed by atoms with Gasteiger partial charge in [0.25, 0.3) is 0 Å². The SMILES string of the molecule is Cn1c2c(c3c(Cl)cccc31)CNC2. The van der Waals surface area contributed by atoms with Crippen molar-refractivity contribution in [3.05, 3.63) is 34.5 Å². The average molecular weight is 207 g/mol. The van der Waals surface area contributed by atoms with Gasteiger partial charge in [-0.3, -0.25) is 0 Å². The monoisotopic (exact) mass is 206 g/mol. The molecule has 14 heavy (non-hydrogen) atoms. The van der Waals surface area contributed by atoms with E-state index in [2.05, 4.69) is 23.0 Å². The highest BCUT2D eigenvalue weighted by Crippen LogP contribution is 2.33. The quantitative estimate of drug-likeness (QED) is 0.701. The molecule has 1 aliphatic heterocycles. The van der Waals surface area contributed by atoms with Crippen molar-refractivity contribution < 1.29 is 0 Å². The Labute approximate surface area is 87.5 Å². The van der Waals surface area contributed by atoms with Crippen molar-refractivity contribution >= 4 is 22.5 Å². The highest BCUT2D eigenvalue weighted by molar-refractivity contribution is 6.35. The lowest BCUT2D eigenvalue weighted by Crippen LogP contribution is -2.04. The van der Waals surface area contributed by atoms with Gasteiger partial charge in [-0.15, -0.1) is 0 Å². The Kier molecular flexibility index (Phi) is 1.64. The summed E-state index contributed by atoms with van der Waals surface area (Å²) in [6.07, 6.45) is 0. The summed E-state index contributed by atoms with van der Waals surface area (Å²) < 4.78 is 2.23. The van der Waals surface area contributed by atoms with Crippen LogP contribution in [0.25, 0.3) is 10.9 Å². The summed E-state index contributed by atoms with van der Waals surface area (Å²) in [7, 11) is 2.10. The molecule has 0 fully saturated rings. The van der Waals surface area contributed by atoms with Gasteiger partial charge in [-0.2, -0.15) is 0 Å².